The third-order valence-corrected chi connectivity index (χ3v) is 4.21. The van der Waals surface area contributed by atoms with E-state index >= 15 is 0 Å². The minimum absolute atomic E-state index is 0.253. The van der Waals surface area contributed by atoms with Crippen molar-refractivity contribution in [1.82, 2.24) is 0 Å². The van der Waals surface area contributed by atoms with E-state index in [1.54, 1.807) is 26.0 Å². The van der Waals surface area contributed by atoms with Crippen LogP contribution >= 0.6 is 0 Å². The molecule has 0 spiro atoms. The van der Waals surface area contributed by atoms with E-state index in [2.05, 4.69) is 4.72 Å². The van der Waals surface area contributed by atoms with Crippen LogP contribution in [-0.2, 0) is 15.1 Å². The highest BCUT2D eigenvalue weighted by molar-refractivity contribution is 7.88. The van der Waals surface area contributed by atoms with Crippen molar-refractivity contribution in [3.8, 4) is 5.75 Å². The summed E-state index contributed by atoms with van der Waals surface area (Å²) in [5.74, 6) is -1.05. The van der Waals surface area contributed by atoms with Crippen molar-refractivity contribution >= 4 is 28.0 Å². The number of nitrogens with one attached hydrogen (secondary N) is 1. The Kier molecular flexibility index (Phi) is 5.48. The van der Waals surface area contributed by atoms with Gasteiger partial charge in [0.1, 0.15) is 5.75 Å². The van der Waals surface area contributed by atoms with Gasteiger partial charge in [0.2, 0.25) is 0 Å². The Morgan fingerprint density at radius 1 is 1.12 bits per heavy atom. The first kappa shape index (κ1) is 18.5. The molecular weight excluding hydrogens is 342 g/mol. The summed E-state index contributed by atoms with van der Waals surface area (Å²) in [6, 6.07) is 9.91. The number of aliphatic carboxylic acids is 1. The predicted molar refractivity (Wildman–Crippen MR) is 94.3 cm³/mol. The van der Waals surface area contributed by atoms with Crippen LogP contribution in [0.25, 0.3) is 6.08 Å². The summed E-state index contributed by atoms with van der Waals surface area (Å²) in [5.41, 5.74) is 3.21. The van der Waals surface area contributed by atoms with Crippen molar-refractivity contribution in [2.24, 2.45) is 0 Å². The van der Waals surface area contributed by atoms with Gasteiger partial charge < -0.3 is 14.1 Å². The SMILES string of the molecule is Cc1cc(C)c(OS(=O)(=O)Nc2cccc(/C=C/C(=O)[O-])c2)c(C)c1. The standard InChI is InChI=1S/C18H19NO5S/c1-12-9-13(2)18(14(3)10-12)24-25(22,23)19-16-6-4-5-15(11-16)7-8-17(20)21/h4-11,19H,1-3H3,(H,20,21)/p-1/b8-7+. The van der Waals surface area contributed by atoms with Crippen molar-refractivity contribution in [1.29, 1.82) is 0 Å². The normalized spacial score (nSPS) is 11.5. The number of carboxylic acid groups (broad SMARTS) is 1. The first-order valence-corrected chi connectivity index (χ1v) is 8.86. The summed E-state index contributed by atoms with van der Waals surface area (Å²) in [6.07, 6.45) is 2.17. The fraction of sp³-hybridized carbons (Fsp3) is 0.167. The zero-order chi connectivity index (χ0) is 18.6. The van der Waals surface area contributed by atoms with Gasteiger partial charge in [-0.15, -0.1) is 0 Å². The molecule has 0 saturated heterocycles. The average Bonchev–Trinajstić information content (AvgIpc) is 2.49. The van der Waals surface area contributed by atoms with Gasteiger partial charge in [-0.25, -0.2) is 0 Å². The van der Waals surface area contributed by atoms with Gasteiger partial charge in [-0.1, -0.05) is 35.9 Å². The lowest BCUT2D eigenvalue weighted by molar-refractivity contribution is -0.297. The van der Waals surface area contributed by atoms with Crippen LogP contribution in [0.2, 0.25) is 0 Å². The minimum Gasteiger partial charge on any atom is -0.545 e. The summed E-state index contributed by atoms with van der Waals surface area (Å²) in [7, 11) is -4.10. The largest absolute Gasteiger partial charge is 0.545 e. The van der Waals surface area contributed by atoms with E-state index in [-0.39, 0.29) is 11.4 Å². The average molecular weight is 360 g/mol. The van der Waals surface area contributed by atoms with Gasteiger partial charge in [0.25, 0.3) is 0 Å². The van der Waals surface area contributed by atoms with Gasteiger partial charge in [-0.3, -0.25) is 4.72 Å². The lowest BCUT2D eigenvalue weighted by Gasteiger charge is -2.14. The molecule has 2 aromatic carbocycles. The molecule has 25 heavy (non-hydrogen) atoms. The molecule has 1 N–H and O–H groups in total. The van der Waals surface area contributed by atoms with E-state index in [0.29, 0.717) is 16.7 Å². The Hall–Kier alpha value is -2.80. The Bertz CT molecular complexity index is 909. The molecule has 0 saturated carbocycles. The van der Waals surface area contributed by atoms with Crippen LogP contribution in [-0.4, -0.2) is 14.4 Å². The molecule has 0 radical (unpaired) electrons. The van der Waals surface area contributed by atoms with Crippen molar-refractivity contribution in [2.75, 3.05) is 4.72 Å². The molecule has 0 aliphatic heterocycles. The molecule has 0 bridgehead atoms. The van der Waals surface area contributed by atoms with E-state index in [1.165, 1.54) is 18.2 Å². The summed E-state index contributed by atoms with van der Waals surface area (Å²) >= 11 is 0. The number of carbonyl (C=O) groups excluding carboxylic acids is 1. The number of rotatable bonds is 6. The first-order valence-electron chi connectivity index (χ1n) is 7.45. The molecule has 6 nitrogen and oxygen atoms in total. The Morgan fingerprint density at radius 2 is 1.76 bits per heavy atom. The summed E-state index contributed by atoms with van der Waals surface area (Å²) in [6.45, 7) is 5.47. The molecule has 2 aromatic rings. The second-order valence-electron chi connectivity index (χ2n) is 5.65. The van der Waals surface area contributed by atoms with Gasteiger partial charge in [0.05, 0.1) is 11.7 Å². The van der Waals surface area contributed by atoms with Crippen LogP contribution in [0.1, 0.15) is 22.3 Å². The molecule has 132 valence electrons. The number of aryl methyl sites for hydroxylation is 3. The fourth-order valence-corrected chi connectivity index (χ4v) is 3.38. The Morgan fingerprint density at radius 3 is 2.36 bits per heavy atom. The molecule has 0 unspecified atom stereocenters. The zero-order valence-electron chi connectivity index (χ0n) is 14.1. The highest BCUT2D eigenvalue weighted by Crippen LogP contribution is 2.26. The van der Waals surface area contributed by atoms with Crippen LogP contribution in [0.4, 0.5) is 5.69 Å². The minimum atomic E-state index is -4.10. The number of benzene rings is 2. The quantitative estimate of drug-likeness (QED) is 0.796. The Balaban J connectivity index is 2.22. The van der Waals surface area contributed by atoms with Crippen molar-refractivity contribution < 1.29 is 22.5 Å². The molecule has 0 heterocycles. The molecule has 0 fully saturated rings. The number of carbonyl (C=O) groups is 1. The third kappa shape index (κ3) is 5.36. The van der Waals surface area contributed by atoms with Crippen molar-refractivity contribution in [2.45, 2.75) is 20.8 Å². The summed E-state index contributed by atoms with van der Waals surface area (Å²) in [5, 5.41) is 10.4. The van der Waals surface area contributed by atoms with E-state index in [4.69, 9.17) is 4.18 Å². The maximum Gasteiger partial charge on any atom is 0.407 e. The molecular formula is C18H18NO5S-. The fourth-order valence-electron chi connectivity index (χ4n) is 2.44. The zero-order valence-corrected chi connectivity index (χ0v) is 14.9. The van der Waals surface area contributed by atoms with E-state index < -0.39 is 16.3 Å². The molecule has 2 rings (SSSR count). The number of carboxylic acids is 1. The van der Waals surface area contributed by atoms with Crippen LogP contribution < -0.4 is 14.0 Å². The van der Waals surface area contributed by atoms with Gasteiger partial charge in [0.15, 0.2) is 0 Å². The second-order valence-corrected chi connectivity index (χ2v) is 6.92. The topological polar surface area (TPSA) is 95.5 Å². The molecule has 0 aromatic heterocycles. The second kappa shape index (κ2) is 7.40. The maximum atomic E-state index is 12.3. The van der Waals surface area contributed by atoms with Crippen LogP contribution in [0, 0.1) is 20.8 Å². The van der Waals surface area contributed by atoms with E-state index in [9.17, 15) is 18.3 Å². The van der Waals surface area contributed by atoms with E-state index in [1.807, 2.05) is 19.1 Å². The smallest absolute Gasteiger partial charge is 0.407 e. The van der Waals surface area contributed by atoms with Crippen molar-refractivity contribution in [3.63, 3.8) is 0 Å². The molecule has 0 aliphatic rings. The summed E-state index contributed by atoms with van der Waals surface area (Å²) < 4.78 is 32.1. The van der Waals surface area contributed by atoms with Gasteiger partial charge in [0, 0.05) is 0 Å². The molecule has 7 heteroatoms. The lowest BCUT2D eigenvalue weighted by Crippen LogP contribution is -2.20. The van der Waals surface area contributed by atoms with Crippen LogP contribution in [0.3, 0.4) is 0 Å². The third-order valence-electron chi connectivity index (χ3n) is 3.34. The monoisotopic (exact) mass is 360 g/mol. The highest BCUT2D eigenvalue weighted by Gasteiger charge is 2.16. The summed E-state index contributed by atoms with van der Waals surface area (Å²) in [4.78, 5) is 10.4. The van der Waals surface area contributed by atoms with Crippen molar-refractivity contribution in [3.05, 3.63) is 64.7 Å². The predicted octanol–water partition coefficient (Wildman–Crippen LogP) is 2.11. The molecule has 0 atom stereocenters. The molecule has 0 amide bonds. The van der Waals surface area contributed by atoms with Gasteiger partial charge in [-0.05, 0) is 55.7 Å². The lowest BCUT2D eigenvalue weighted by atomic mass is 10.1. The maximum absolute atomic E-state index is 12.3. The van der Waals surface area contributed by atoms with Gasteiger partial charge in [-0.2, -0.15) is 8.42 Å². The highest BCUT2D eigenvalue weighted by atomic mass is 32.2. The number of hydrogen-bond acceptors (Lipinski definition) is 5. The van der Waals surface area contributed by atoms with Crippen LogP contribution in [0.15, 0.2) is 42.5 Å². The van der Waals surface area contributed by atoms with Crippen LogP contribution in [0.5, 0.6) is 5.75 Å². The first-order chi connectivity index (χ1) is 11.7. The number of anilines is 1. The van der Waals surface area contributed by atoms with E-state index in [0.717, 1.165) is 11.6 Å². The number of hydrogen-bond donors (Lipinski definition) is 1. The Labute approximate surface area is 147 Å². The molecule has 0 aliphatic carbocycles. The van der Waals surface area contributed by atoms with Gasteiger partial charge >= 0.3 is 10.3 Å².